The van der Waals surface area contributed by atoms with Gasteiger partial charge in [-0.2, -0.15) is 0 Å². The number of nitrogens with zero attached hydrogens (tertiary/aromatic N) is 1. The van der Waals surface area contributed by atoms with Crippen molar-refractivity contribution in [1.82, 2.24) is 5.32 Å². The molecule has 1 heterocycles. The minimum absolute atomic E-state index is 0.111. The van der Waals surface area contributed by atoms with Crippen molar-refractivity contribution >= 4 is 34.8 Å². The summed E-state index contributed by atoms with van der Waals surface area (Å²) in [7, 11) is 0. The van der Waals surface area contributed by atoms with Gasteiger partial charge in [-0.3, -0.25) is 14.9 Å². The highest BCUT2D eigenvalue weighted by atomic mass is 32.1. The molecular formula is C16H14N2O5S. The van der Waals surface area contributed by atoms with Crippen LogP contribution in [0.4, 0.5) is 9.80 Å². The Morgan fingerprint density at radius 1 is 1.33 bits per heavy atom. The van der Waals surface area contributed by atoms with Crippen molar-refractivity contribution in [2.45, 2.75) is 6.61 Å². The van der Waals surface area contributed by atoms with Gasteiger partial charge in [0.25, 0.3) is 0 Å². The Hall–Kier alpha value is -3.00. The van der Waals surface area contributed by atoms with Crippen molar-refractivity contribution in [1.29, 1.82) is 0 Å². The zero-order valence-electron chi connectivity index (χ0n) is 12.5. The fourth-order valence-electron chi connectivity index (χ4n) is 1.84. The number of benzene rings is 1. The van der Waals surface area contributed by atoms with Crippen LogP contribution in [-0.2, 0) is 11.3 Å². The first-order chi connectivity index (χ1) is 11.6. The Labute approximate surface area is 141 Å². The summed E-state index contributed by atoms with van der Waals surface area (Å²) in [5.41, 5.74) is 1.20. The molecule has 0 aliphatic rings. The number of nitro groups is 1. The Kier molecular flexibility index (Phi) is 6.21. The highest BCUT2D eigenvalue weighted by Gasteiger charge is 2.16. The van der Waals surface area contributed by atoms with Gasteiger partial charge in [0.2, 0.25) is 0 Å². The van der Waals surface area contributed by atoms with Crippen LogP contribution in [0.1, 0.15) is 20.8 Å². The van der Waals surface area contributed by atoms with Gasteiger partial charge in [0, 0.05) is 6.54 Å². The molecule has 1 amide bonds. The smallest absolute Gasteiger partial charge is 0.407 e. The standard InChI is InChI=1S/C16H14N2O5S/c19-10-14-9-13(15(24-14)18(21)22)7-4-8-17-16(20)23-11-12-5-2-1-3-6-12/h1-7,9-10H,8,11H2,(H,17,20). The lowest BCUT2D eigenvalue weighted by molar-refractivity contribution is -0.380. The normalized spacial score (nSPS) is 10.5. The average Bonchev–Trinajstić information content (AvgIpc) is 3.01. The van der Waals surface area contributed by atoms with Gasteiger partial charge in [0.05, 0.1) is 15.4 Å². The summed E-state index contributed by atoms with van der Waals surface area (Å²) in [6.45, 7) is 0.312. The summed E-state index contributed by atoms with van der Waals surface area (Å²) in [5, 5.41) is 13.3. The molecule has 124 valence electrons. The molecule has 0 saturated carbocycles. The van der Waals surface area contributed by atoms with E-state index in [1.165, 1.54) is 12.1 Å². The lowest BCUT2D eigenvalue weighted by Crippen LogP contribution is -2.24. The fourth-order valence-corrected chi connectivity index (χ4v) is 2.61. The first kappa shape index (κ1) is 17.4. The first-order valence-corrected chi connectivity index (χ1v) is 7.76. The summed E-state index contributed by atoms with van der Waals surface area (Å²) < 4.78 is 5.03. The van der Waals surface area contributed by atoms with E-state index >= 15 is 0 Å². The number of nitrogens with one attached hydrogen (secondary N) is 1. The average molecular weight is 346 g/mol. The summed E-state index contributed by atoms with van der Waals surface area (Å²) >= 11 is 0.807. The van der Waals surface area contributed by atoms with Crippen molar-refractivity contribution in [3.8, 4) is 0 Å². The zero-order chi connectivity index (χ0) is 17.4. The summed E-state index contributed by atoms with van der Waals surface area (Å²) in [6, 6.07) is 10.7. The van der Waals surface area contributed by atoms with Gasteiger partial charge >= 0.3 is 11.1 Å². The summed E-state index contributed by atoms with van der Waals surface area (Å²) in [6.07, 6.45) is 3.01. The van der Waals surface area contributed by atoms with E-state index in [2.05, 4.69) is 5.32 Å². The first-order valence-electron chi connectivity index (χ1n) is 6.94. The molecule has 1 aromatic heterocycles. The van der Waals surface area contributed by atoms with E-state index in [1.807, 2.05) is 30.3 Å². The number of carbonyl (C=O) groups excluding carboxylic acids is 2. The second kappa shape index (κ2) is 8.59. The largest absolute Gasteiger partial charge is 0.445 e. The predicted molar refractivity (Wildman–Crippen MR) is 90.0 cm³/mol. The predicted octanol–water partition coefficient (Wildman–Crippen LogP) is 3.41. The van der Waals surface area contributed by atoms with Crippen LogP contribution in [-0.4, -0.2) is 23.8 Å². The second-order valence-corrected chi connectivity index (χ2v) is 5.69. The number of hydrogen-bond acceptors (Lipinski definition) is 6. The molecule has 2 aromatic rings. The van der Waals surface area contributed by atoms with Crippen LogP contribution in [0, 0.1) is 10.1 Å². The number of alkyl carbamates (subject to hydrolysis) is 1. The Morgan fingerprint density at radius 2 is 2.08 bits per heavy atom. The van der Waals surface area contributed by atoms with Crippen molar-refractivity contribution in [2.24, 2.45) is 0 Å². The molecule has 0 bridgehead atoms. The Balaban J connectivity index is 1.82. The number of rotatable bonds is 7. The number of amides is 1. The van der Waals surface area contributed by atoms with Gasteiger partial charge in [0.15, 0.2) is 6.29 Å². The summed E-state index contributed by atoms with van der Waals surface area (Å²) in [5.74, 6) is 0. The van der Waals surface area contributed by atoms with Crippen molar-refractivity contribution in [3.63, 3.8) is 0 Å². The van der Waals surface area contributed by atoms with E-state index in [4.69, 9.17) is 4.74 Å². The van der Waals surface area contributed by atoms with E-state index in [0.29, 0.717) is 11.8 Å². The van der Waals surface area contributed by atoms with E-state index in [-0.39, 0.29) is 23.0 Å². The maximum Gasteiger partial charge on any atom is 0.407 e. The van der Waals surface area contributed by atoms with Crippen molar-refractivity contribution in [3.05, 3.63) is 68.6 Å². The van der Waals surface area contributed by atoms with E-state index < -0.39 is 11.0 Å². The number of thiophene rings is 1. The van der Waals surface area contributed by atoms with Crippen LogP contribution in [0.25, 0.3) is 6.08 Å². The molecule has 2 rings (SSSR count). The third-order valence-corrected chi connectivity index (χ3v) is 3.94. The Morgan fingerprint density at radius 3 is 2.75 bits per heavy atom. The van der Waals surface area contributed by atoms with Gasteiger partial charge in [-0.25, -0.2) is 4.79 Å². The molecule has 7 nitrogen and oxygen atoms in total. The quantitative estimate of drug-likeness (QED) is 0.470. The minimum Gasteiger partial charge on any atom is -0.445 e. The molecule has 1 aromatic carbocycles. The molecule has 0 aliphatic heterocycles. The third-order valence-electron chi connectivity index (χ3n) is 2.92. The number of hydrogen-bond donors (Lipinski definition) is 1. The van der Waals surface area contributed by atoms with Gasteiger partial charge in [-0.1, -0.05) is 47.7 Å². The SMILES string of the molecule is O=Cc1cc(C=CCNC(=O)OCc2ccccc2)c([N+](=O)[O-])s1. The molecule has 0 atom stereocenters. The van der Waals surface area contributed by atoms with E-state index in [9.17, 15) is 19.7 Å². The van der Waals surface area contributed by atoms with Gasteiger partial charge in [-0.15, -0.1) is 0 Å². The molecule has 1 N–H and O–H groups in total. The maximum absolute atomic E-state index is 11.5. The van der Waals surface area contributed by atoms with Gasteiger partial charge in [0.1, 0.15) is 6.61 Å². The molecule has 8 heteroatoms. The zero-order valence-corrected chi connectivity index (χ0v) is 13.3. The number of ether oxygens (including phenoxy) is 1. The lowest BCUT2D eigenvalue weighted by Gasteiger charge is -2.05. The number of aldehydes is 1. The topological polar surface area (TPSA) is 98.5 Å². The number of carbonyl (C=O) groups is 2. The molecule has 0 saturated heterocycles. The van der Waals surface area contributed by atoms with E-state index in [0.717, 1.165) is 16.9 Å². The highest BCUT2D eigenvalue weighted by Crippen LogP contribution is 2.30. The monoisotopic (exact) mass is 346 g/mol. The van der Waals surface area contributed by atoms with Gasteiger partial charge < -0.3 is 10.1 Å². The van der Waals surface area contributed by atoms with Crippen LogP contribution in [0.3, 0.4) is 0 Å². The second-order valence-electron chi connectivity index (χ2n) is 4.63. The van der Waals surface area contributed by atoms with Crippen LogP contribution in [0.2, 0.25) is 0 Å². The van der Waals surface area contributed by atoms with Crippen molar-refractivity contribution < 1.29 is 19.2 Å². The molecule has 0 unspecified atom stereocenters. The third kappa shape index (κ3) is 5.03. The van der Waals surface area contributed by atoms with Crippen LogP contribution in [0.5, 0.6) is 0 Å². The Bertz CT molecular complexity index is 755. The van der Waals surface area contributed by atoms with Crippen LogP contribution >= 0.6 is 11.3 Å². The lowest BCUT2D eigenvalue weighted by atomic mass is 10.2. The minimum atomic E-state index is -0.586. The molecular weight excluding hydrogens is 332 g/mol. The van der Waals surface area contributed by atoms with Crippen LogP contribution < -0.4 is 5.32 Å². The van der Waals surface area contributed by atoms with Gasteiger partial charge in [-0.05, 0) is 17.7 Å². The molecule has 0 fully saturated rings. The van der Waals surface area contributed by atoms with E-state index in [1.54, 1.807) is 6.08 Å². The fraction of sp³-hybridized carbons (Fsp3) is 0.125. The molecule has 0 radical (unpaired) electrons. The highest BCUT2D eigenvalue weighted by molar-refractivity contribution is 7.17. The maximum atomic E-state index is 11.5. The van der Waals surface area contributed by atoms with Crippen LogP contribution in [0.15, 0.2) is 42.5 Å². The summed E-state index contributed by atoms with van der Waals surface area (Å²) in [4.78, 5) is 32.8. The molecule has 24 heavy (non-hydrogen) atoms. The molecule has 0 spiro atoms. The molecule has 0 aliphatic carbocycles. The van der Waals surface area contributed by atoms with Crippen molar-refractivity contribution in [2.75, 3.05) is 6.54 Å².